The van der Waals surface area contributed by atoms with Gasteiger partial charge in [0.2, 0.25) is 11.7 Å². The molecule has 0 radical (unpaired) electrons. The van der Waals surface area contributed by atoms with Crippen LogP contribution < -0.4 is 9.47 Å². The van der Waals surface area contributed by atoms with Gasteiger partial charge in [0.1, 0.15) is 16.0 Å². The standard InChI is InChI=1S/C19H18BrN3O5/c1-25-14-9-13(10-15(26-2)17(14)20)19(24)27-8-4-6-16-22-18(23-28-16)12-5-3-7-21-11-12/h3,5,7,9-11H,4,6,8H2,1-2H3. The number of rotatable bonds is 8. The molecule has 0 saturated heterocycles. The predicted molar refractivity (Wildman–Crippen MR) is 103 cm³/mol. The quantitative estimate of drug-likeness (QED) is 0.380. The Hall–Kier alpha value is -2.94. The van der Waals surface area contributed by atoms with E-state index in [1.54, 1.807) is 30.6 Å². The second-order valence-corrected chi connectivity index (χ2v) is 6.48. The lowest BCUT2D eigenvalue weighted by Gasteiger charge is -2.11. The topological polar surface area (TPSA) is 96.6 Å². The molecule has 0 aliphatic rings. The number of esters is 1. The largest absolute Gasteiger partial charge is 0.495 e. The summed E-state index contributed by atoms with van der Waals surface area (Å²) in [7, 11) is 3.03. The summed E-state index contributed by atoms with van der Waals surface area (Å²) in [5.41, 5.74) is 1.12. The molecule has 0 atom stereocenters. The smallest absolute Gasteiger partial charge is 0.338 e. The lowest BCUT2D eigenvalue weighted by atomic mass is 10.2. The summed E-state index contributed by atoms with van der Waals surface area (Å²) in [5, 5.41) is 3.93. The van der Waals surface area contributed by atoms with Crippen LogP contribution in [0.15, 0.2) is 45.7 Å². The molecule has 0 fully saturated rings. The minimum Gasteiger partial charge on any atom is -0.495 e. The van der Waals surface area contributed by atoms with Crippen molar-refractivity contribution in [2.75, 3.05) is 20.8 Å². The number of aromatic nitrogens is 3. The molecule has 2 heterocycles. The minimum atomic E-state index is -0.467. The molecule has 0 saturated carbocycles. The molecule has 1 aromatic carbocycles. The number of halogens is 1. The first-order valence-electron chi connectivity index (χ1n) is 8.44. The molecule has 0 aliphatic carbocycles. The lowest BCUT2D eigenvalue weighted by Crippen LogP contribution is -2.08. The van der Waals surface area contributed by atoms with Gasteiger partial charge in [0, 0.05) is 24.4 Å². The number of methoxy groups -OCH3 is 2. The van der Waals surface area contributed by atoms with Crippen molar-refractivity contribution in [2.45, 2.75) is 12.8 Å². The van der Waals surface area contributed by atoms with Crippen LogP contribution in [0.4, 0.5) is 0 Å². The zero-order chi connectivity index (χ0) is 19.9. The Bertz CT molecular complexity index is 921. The Morgan fingerprint density at radius 2 is 1.96 bits per heavy atom. The van der Waals surface area contributed by atoms with Gasteiger partial charge in [0.05, 0.1) is 26.4 Å². The van der Waals surface area contributed by atoms with Gasteiger partial charge in [-0.3, -0.25) is 4.98 Å². The number of nitrogens with zero attached hydrogens (tertiary/aromatic N) is 3. The van der Waals surface area contributed by atoms with Crippen LogP contribution in [-0.2, 0) is 11.2 Å². The molecule has 0 unspecified atom stereocenters. The van der Waals surface area contributed by atoms with E-state index in [-0.39, 0.29) is 6.61 Å². The number of pyridine rings is 1. The van der Waals surface area contributed by atoms with Crippen molar-refractivity contribution in [3.05, 3.63) is 52.6 Å². The van der Waals surface area contributed by atoms with Crippen molar-refractivity contribution in [3.8, 4) is 22.9 Å². The molecule has 0 aliphatic heterocycles. The molecule has 0 spiro atoms. The van der Waals surface area contributed by atoms with Gasteiger partial charge in [-0.05, 0) is 46.6 Å². The summed E-state index contributed by atoms with van der Waals surface area (Å²) in [6.45, 7) is 0.212. The van der Waals surface area contributed by atoms with Crippen LogP contribution in [0.3, 0.4) is 0 Å². The third-order valence-corrected chi connectivity index (χ3v) is 4.62. The number of carbonyl (C=O) groups is 1. The van der Waals surface area contributed by atoms with Gasteiger partial charge >= 0.3 is 5.97 Å². The normalized spacial score (nSPS) is 10.5. The maximum Gasteiger partial charge on any atom is 0.338 e. The van der Waals surface area contributed by atoms with Crippen molar-refractivity contribution in [1.82, 2.24) is 15.1 Å². The monoisotopic (exact) mass is 447 g/mol. The number of hydrogen-bond acceptors (Lipinski definition) is 8. The van der Waals surface area contributed by atoms with Crippen LogP contribution in [0.2, 0.25) is 0 Å². The van der Waals surface area contributed by atoms with E-state index in [0.29, 0.717) is 46.1 Å². The Morgan fingerprint density at radius 1 is 1.21 bits per heavy atom. The average molecular weight is 448 g/mol. The van der Waals surface area contributed by atoms with Gasteiger partial charge in [-0.25, -0.2) is 4.79 Å². The summed E-state index contributed by atoms with van der Waals surface area (Å²) >= 11 is 3.36. The zero-order valence-corrected chi connectivity index (χ0v) is 16.9. The molecule has 28 heavy (non-hydrogen) atoms. The molecule has 2 aromatic heterocycles. The number of ether oxygens (including phenoxy) is 3. The van der Waals surface area contributed by atoms with Crippen LogP contribution in [0.5, 0.6) is 11.5 Å². The van der Waals surface area contributed by atoms with Gasteiger partial charge < -0.3 is 18.7 Å². The first-order valence-corrected chi connectivity index (χ1v) is 9.23. The highest BCUT2D eigenvalue weighted by molar-refractivity contribution is 9.10. The van der Waals surface area contributed by atoms with E-state index in [1.165, 1.54) is 14.2 Å². The fraction of sp³-hybridized carbons (Fsp3) is 0.263. The fourth-order valence-electron chi connectivity index (χ4n) is 2.43. The summed E-state index contributed by atoms with van der Waals surface area (Å²) in [6, 6.07) is 6.83. The van der Waals surface area contributed by atoms with Crippen molar-refractivity contribution in [2.24, 2.45) is 0 Å². The summed E-state index contributed by atoms with van der Waals surface area (Å²) in [6.07, 6.45) is 4.38. The van der Waals surface area contributed by atoms with E-state index in [2.05, 4.69) is 31.1 Å². The van der Waals surface area contributed by atoms with Gasteiger partial charge in [0.15, 0.2) is 0 Å². The highest BCUT2D eigenvalue weighted by Crippen LogP contribution is 2.35. The first-order chi connectivity index (χ1) is 13.6. The summed E-state index contributed by atoms with van der Waals surface area (Å²) in [4.78, 5) is 20.6. The molecule has 146 valence electrons. The van der Waals surface area contributed by atoms with Crippen LogP contribution >= 0.6 is 15.9 Å². The van der Waals surface area contributed by atoms with E-state index in [1.807, 2.05) is 6.07 Å². The highest BCUT2D eigenvalue weighted by atomic mass is 79.9. The van der Waals surface area contributed by atoms with E-state index < -0.39 is 5.97 Å². The van der Waals surface area contributed by atoms with Crippen LogP contribution in [-0.4, -0.2) is 41.9 Å². The van der Waals surface area contributed by atoms with E-state index in [0.717, 1.165) is 5.56 Å². The minimum absolute atomic E-state index is 0.212. The summed E-state index contributed by atoms with van der Waals surface area (Å²) < 4.78 is 21.6. The number of hydrogen-bond donors (Lipinski definition) is 0. The maximum absolute atomic E-state index is 12.3. The van der Waals surface area contributed by atoms with E-state index in [4.69, 9.17) is 18.7 Å². The third-order valence-electron chi connectivity index (χ3n) is 3.84. The Balaban J connectivity index is 1.53. The fourth-order valence-corrected chi connectivity index (χ4v) is 2.98. The molecule has 8 nitrogen and oxygen atoms in total. The molecule has 9 heteroatoms. The van der Waals surface area contributed by atoms with Gasteiger partial charge in [0.25, 0.3) is 0 Å². The molecule has 3 rings (SSSR count). The third kappa shape index (κ3) is 4.66. The van der Waals surface area contributed by atoms with Gasteiger partial charge in [-0.2, -0.15) is 4.98 Å². The van der Waals surface area contributed by atoms with Crippen molar-refractivity contribution < 1.29 is 23.5 Å². The SMILES string of the molecule is COc1cc(C(=O)OCCCc2nc(-c3cccnc3)no2)cc(OC)c1Br. The van der Waals surface area contributed by atoms with Crippen LogP contribution in [0.25, 0.3) is 11.4 Å². The Kier molecular flexibility index (Phi) is 6.59. The number of carbonyl (C=O) groups excluding carboxylic acids is 1. The lowest BCUT2D eigenvalue weighted by molar-refractivity contribution is 0.0497. The van der Waals surface area contributed by atoms with Crippen molar-refractivity contribution in [3.63, 3.8) is 0 Å². The van der Waals surface area contributed by atoms with E-state index >= 15 is 0 Å². The molecular formula is C19H18BrN3O5. The Morgan fingerprint density at radius 3 is 2.61 bits per heavy atom. The van der Waals surface area contributed by atoms with Crippen molar-refractivity contribution >= 4 is 21.9 Å². The molecule has 0 N–H and O–H groups in total. The maximum atomic E-state index is 12.3. The number of aryl methyl sites for hydroxylation is 1. The van der Waals surface area contributed by atoms with Crippen LogP contribution in [0.1, 0.15) is 22.7 Å². The molecule has 3 aromatic rings. The summed E-state index contributed by atoms with van der Waals surface area (Å²) in [5.74, 6) is 1.46. The first kappa shape index (κ1) is 19.8. The van der Waals surface area contributed by atoms with Gasteiger partial charge in [-0.15, -0.1) is 0 Å². The predicted octanol–water partition coefficient (Wildman–Crippen LogP) is 3.70. The zero-order valence-electron chi connectivity index (χ0n) is 15.3. The van der Waals surface area contributed by atoms with Crippen LogP contribution in [0, 0.1) is 0 Å². The van der Waals surface area contributed by atoms with Gasteiger partial charge in [-0.1, -0.05) is 5.16 Å². The highest BCUT2D eigenvalue weighted by Gasteiger charge is 2.16. The molecule has 0 amide bonds. The average Bonchev–Trinajstić information content (AvgIpc) is 3.21. The molecular weight excluding hydrogens is 430 g/mol. The second kappa shape index (κ2) is 9.32. The van der Waals surface area contributed by atoms with E-state index in [9.17, 15) is 4.79 Å². The second-order valence-electron chi connectivity index (χ2n) is 5.69. The molecule has 0 bridgehead atoms. The van der Waals surface area contributed by atoms with Crippen molar-refractivity contribution in [1.29, 1.82) is 0 Å². The Labute approximate surface area is 170 Å². The number of benzene rings is 1.